The fourth-order valence-corrected chi connectivity index (χ4v) is 3.29. The first kappa shape index (κ1) is 17.6. The molecule has 2 heterocycles. The van der Waals surface area contributed by atoms with Crippen LogP contribution in [0.4, 0.5) is 0 Å². The van der Waals surface area contributed by atoms with E-state index in [2.05, 4.69) is 21.0 Å². The van der Waals surface area contributed by atoms with Crippen LogP contribution in [0.15, 0.2) is 42.7 Å². The van der Waals surface area contributed by atoms with Gasteiger partial charge in [0.05, 0.1) is 24.3 Å². The van der Waals surface area contributed by atoms with E-state index in [0.29, 0.717) is 18.7 Å². The molecule has 6 heteroatoms. The zero-order valence-electron chi connectivity index (χ0n) is 14.5. The molecule has 2 aromatic rings. The zero-order valence-corrected chi connectivity index (χ0v) is 14.5. The quantitative estimate of drug-likeness (QED) is 0.860. The van der Waals surface area contributed by atoms with E-state index in [-0.39, 0.29) is 0 Å². The average Bonchev–Trinajstić information content (AvgIpc) is 3.03. The van der Waals surface area contributed by atoms with Crippen LogP contribution >= 0.6 is 0 Å². The SMILES string of the molecule is N#Cc1ccc(CN2CCCN(CC(O)Cn3cccn3)CC2)cc1. The van der Waals surface area contributed by atoms with Gasteiger partial charge in [-0.15, -0.1) is 0 Å². The van der Waals surface area contributed by atoms with Gasteiger partial charge in [0.15, 0.2) is 0 Å². The van der Waals surface area contributed by atoms with E-state index in [1.165, 1.54) is 5.56 Å². The predicted molar refractivity (Wildman–Crippen MR) is 95.7 cm³/mol. The lowest BCUT2D eigenvalue weighted by Crippen LogP contribution is -2.37. The third-order valence-electron chi connectivity index (χ3n) is 4.60. The number of rotatable bonds is 6. The van der Waals surface area contributed by atoms with Crippen molar-refractivity contribution in [3.8, 4) is 6.07 Å². The smallest absolute Gasteiger partial charge is 0.0991 e. The Morgan fingerprint density at radius 1 is 1.08 bits per heavy atom. The number of benzene rings is 1. The Kier molecular flexibility index (Phi) is 6.18. The van der Waals surface area contributed by atoms with Crippen molar-refractivity contribution < 1.29 is 5.11 Å². The molecule has 1 saturated heterocycles. The highest BCUT2D eigenvalue weighted by atomic mass is 16.3. The molecule has 1 aliphatic heterocycles. The van der Waals surface area contributed by atoms with Gasteiger partial charge in [0, 0.05) is 38.6 Å². The van der Waals surface area contributed by atoms with Gasteiger partial charge in [-0.3, -0.25) is 14.5 Å². The minimum atomic E-state index is -0.398. The van der Waals surface area contributed by atoms with Gasteiger partial charge in [-0.05, 0) is 43.3 Å². The van der Waals surface area contributed by atoms with Crippen LogP contribution in [0.3, 0.4) is 0 Å². The molecule has 0 bridgehead atoms. The maximum Gasteiger partial charge on any atom is 0.0991 e. The molecule has 1 N–H and O–H groups in total. The van der Waals surface area contributed by atoms with Crippen LogP contribution in [0.1, 0.15) is 17.5 Å². The Morgan fingerprint density at radius 3 is 2.56 bits per heavy atom. The Balaban J connectivity index is 1.45. The van der Waals surface area contributed by atoms with E-state index in [1.54, 1.807) is 10.9 Å². The molecule has 1 aromatic carbocycles. The fraction of sp³-hybridized carbons (Fsp3) is 0.474. The van der Waals surface area contributed by atoms with Crippen molar-refractivity contribution in [3.63, 3.8) is 0 Å². The van der Waals surface area contributed by atoms with Crippen molar-refractivity contribution in [1.82, 2.24) is 19.6 Å². The van der Waals surface area contributed by atoms with E-state index in [9.17, 15) is 5.11 Å². The molecule has 1 fully saturated rings. The highest BCUT2D eigenvalue weighted by molar-refractivity contribution is 5.31. The minimum absolute atomic E-state index is 0.398. The summed E-state index contributed by atoms with van der Waals surface area (Å²) in [6, 6.07) is 11.9. The normalized spacial score (nSPS) is 17.8. The van der Waals surface area contributed by atoms with E-state index in [0.717, 1.165) is 39.1 Å². The standard InChI is InChI=1S/C19H25N5O/c20-13-17-3-5-18(6-4-17)14-22-8-2-9-23(12-11-22)15-19(25)16-24-10-1-7-21-24/h1,3-7,10,19,25H,2,8-9,11-12,14-16H2. The summed E-state index contributed by atoms with van der Waals surface area (Å²) in [6.07, 6.45) is 4.32. The second kappa shape index (κ2) is 8.77. The number of aromatic nitrogens is 2. The molecular formula is C19H25N5O. The Hall–Kier alpha value is -2.20. The molecular weight excluding hydrogens is 314 g/mol. The van der Waals surface area contributed by atoms with Gasteiger partial charge in [-0.2, -0.15) is 10.4 Å². The maximum atomic E-state index is 10.3. The molecule has 1 unspecified atom stereocenters. The summed E-state index contributed by atoms with van der Waals surface area (Å²) in [7, 11) is 0. The van der Waals surface area contributed by atoms with Gasteiger partial charge in [-0.25, -0.2) is 0 Å². The van der Waals surface area contributed by atoms with Crippen LogP contribution in [0, 0.1) is 11.3 Å². The lowest BCUT2D eigenvalue weighted by Gasteiger charge is -2.24. The van der Waals surface area contributed by atoms with Gasteiger partial charge in [0.25, 0.3) is 0 Å². The number of aliphatic hydroxyl groups excluding tert-OH is 1. The first-order chi connectivity index (χ1) is 12.2. The summed E-state index contributed by atoms with van der Waals surface area (Å²) >= 11 is 0. The van der Waals surface area contributed by atoms with Crippen molar-refractivity contribution in [1.29, 1.82) is 5.26 Å². The summed E-state index contributed by atoms with van der Waals surface area (Å²) < 4.78 is 1.78. The highest BCUT2D eigenvalue weighted by Crippen LogP contribution is 2.11. The maximum absolute atomic E-state index is 10.3. The molecule has 1 aromatic heterocycles. The second-order valence-corrected chi connectivity index (χ2v) is 6.62. The van der Waals surface area contributed by atoms with Crippen molar-refractivity contribution >= 4 is 0 Å². The Morgan fingerprint density at radius 2 is 1.84 bits per heavy atom. The summed E-state index contributed by atoms with van der Waals surface area (Å²) in [6.45, 7) is 6.17. The lowest BCUT2D eigenvalue weighted by atomic mass is 10.1. The number of hydrogen-bond acceptors (Lipinski definition) is 5. The van der Waals surface area contributed by atoms with Gasteiger partial charge in [-0.1, -0.05) is 12.1 Å². The number of aliphatic hydroxyl groups is 1. The molecule has 1 aliphatic rings. The van der Waals surface area contributed by atoms with Crippen molar-refractivity contribution in [2.24, 2.45) is 0 Å². The van der Waals surface area contributed by atoms with E-state index in [1.807, 2.05) is 36.5 Å². The first-order valence-corrected chi connectivity index (χ1v) is 8.82. The second-order valence-electron chi connectivity index (χ2n) is 6.62. The van der Waals surface area contributed by atoms with Crippen molar-refractivity contribution in [2.75, 3.05) is 32.7 Å². The molecule has 0 radical (unpaired) electrons. The summed E-state index contributed by atoms with van der Waals surface area (Å²) in [5.41, 5.74) is 1.95. The first-order valence-electron chi connectivity index (χ1n) is 8.82. The van der Waals surface area contributed by atoms with E-state index < -0.39 is 6.10 Å². The van der Waals surface area contributed by atoms with Crippen LogP contribution in [0.25, 0.3) is 0 Å². The van der Waals surface area contributed by atoms with Crippen molar-refractivity contribution in [2.45, 2.75) is 25.6 Å². The van der Waals surface area contributed by atoms with Crippen LogP contribution < -0.4 is 0 Å². The number of β-amino-alcohol motifs (C(OH)–C–C–N with tert-alkyl or cyclic N) is 1. The number of hydrogen-bond donors (Lipinski definition) is 1. The third kappa shape index (κ3) is 5.40. The molecule has 0 aliphatic carbocycles. The third-order valence-corrected chi connectivity index (χ3v) is 4.60. The van der Waals surface area contributed by atoms with Crippen LogP contribution in [0.2, 0.25) is 0 Å². The van der Waals surface area contributed by atoms with E-state index in [4.69, 9.17) is 5.26 Å². The van der Waals surface area contributed by atoms with Gasteiger partial charge in [0.1, 0.15) is 0 Å². The molecule has 1 atom stereocenters. The molecule has 0 spiro atoms. The molecule has 0 amide bonds. The highest BCUT2D eigenvalue weighted by Gasteiger charge is 2.18. The van der Waals surface area contributed by atoms with Gasteiger partial charge in [0.2, 0.25) is 0 Å². The van der Waals surface area contributed by atoms with Crippen LogP contribution in [-0.4, -0.2) is 63.5 Å². The molecule has 3 rings (SSSR count). The number of nitriles is 1. The summed E-state index contributed by atoms with van der Waals surface area (Å²) in [5.74, 6) is 0. The molecule has 25 heavy (non-hydrogen) atoms. The molecule has 6 nitrogen and oxygen atoms in total. The predicted octanol–water partition coefficient (Wildman–Crippen LogP) is 1.32. The Bertz CT molecular complexity index is 677. The topological polar surface area (TPSA) is 68.3 Å². The average molecular weight is 339 g/mol. The molecule has 0 saturated carbocycles. The van der Waals surface area contributed by atoms with Gasteiger partial charge >= 0.3 is 0 Å². The summed E-state index contributed by atoms with van der Waals surface area (Å²) in [5, 5.41) is 23.3. The molecule has 132 valence electrons. The zero-order chi connectivity index (χ0) is 17.5. The largest absolute Gasteiger partial charge is 0.390 e. The number of nitrogens with zero attached hydrogens (tertiary/aromatic N) is 5. The van der Waals surface area contributed by atoms with Crippen LogP contribution in [-0.2, 0) is 13.1 Å². The van der Waals surface area contributed by atoms with Gasteiger partial charge < -0.3 is 5.11 Å². The monoisotopic (exact) mass is 339 g/mol. The lowest BCUT2D eigenvalue weighted by molar-refractivity contribution is 0.0962. The Labute approximate surface area is 148 Å². The van der Waals surface area contributed by atoms with Crippen LogP contribution in [0.5, 0.6) is 0 Å². The van der Waals surface area contributed by atoms with E-state index >= 15 is 0 Å². The minimum Gasteiger partial charge on any atom is -0.390 e. The van der Waals surface area contributed by atoms with Crippen molar-refractivity contribution in [3.05, 3.63) is 53.9 Å². The fourth-order valence-electron chi connectivity index (χ4n) is 3.29. The summed E-state index contributed by atoms with van der Waals surface area (Å²) in [4.78, 5) is 4.79.